The number of esters is 1. The van der Waals surface area contributed by atoms with E-state index in [-0.39, 0.29) is 11.8 Å². The van der Waals surface area contributed by atoms with Crippen molar-refractivity contribution in [3.63, 3.8) is 0 Å². The second-order valence-electron chi connectivity index (χ2n) is 8.61. The molecule has 0 saturated carbocycles. The maximum atomic E-state index is 13.1. The van der Waals surface area contributed by atoms with E-state index in [9.17, 15) is 9.18 Å². The highest BCUT2D eigenvalue weighted by Crippen LogP contribution is 2.26. The van der Waals surface area contributed by atoms with E-state index in [1.807, 2.05) is 30.5 Å². The highest BCUT2D eigenvalue weighted by atomic mass is 19.1. The van der Waals surface area contributed by atoms with Crippen LogP contribution in [0.25, 0.3) is 16.6 Å². The van der Waals surface area contributed by atoms with Crippen LogP contribution in [0.5, 0.6) is 0 Å². The van der Waals surface area contributed by atoms with Crippen LogP contribution in [-0.4, -0.2) is 40.6 Å². The predicted octanol–water partition coefficient (Wildman–Crippen LogP) is 5.30. The molecule has 0 aliphatic carbocycles. The van der Waals surface area contributed by atoms with Gasteiger partial charge >= 0.3 is 5.97 Å². The molecule has 0 fully saturated rings. The Morgan fingerprint density at radius 2 is 1.76 bits per heavy atom. The molecule has 34 heavy (non-hydrogen) atoms. The maximum Gasteiger partial charge on any atom is 0.337 e. The first kappa shape index (κ1) is 22.0. The average Bonchev–Trinajstić information content (AvgIpc) is 3.27. The minimum Gasteiger partial charge on any atom is -0.465 e. The Morgan fingerprint density at radius 1 is 1.03 bits per heavy atom. The SMILES string of the molecule is COC(=O)c1ccc(Cn2ccc3cc(C4=CCN(Cc5ccc(F)cc5)CC4)cnc32)cc1. The van der Waals surface area contributed by atoms with Gasteiger partial charge in [-0.3, -0.25) is 4.90 Å². The fourth-order valence-electron chi connectivity index (χ4n) is 4.41. The number of nitrogens with zero attached hydrogens (tertiary/aromatic N) is 3. The molecular weight excluding hydrogens is 429 g/mol. The van der Waals surface area contributed by atoms with E-state index in [1.54, 1.807) is 12.1 Å². The first-order chi connectivity index (χ1) is 16.6. The van der Waals surface area contributed by atoms with Gasteiger partial charge in [0, 0.05) is 44.0 Å². The van der Waals surface area contributed by atoms with Crippen molar-refractivity contribution in [1.29, 1.82) is 0 Å². The summed E-state index contributed by atoms with van der Waals surface area (Å²) in [5.41, 5.74) is 6.18. The molecule has 0 spiro atoms. The number of rotatable bonds is 6. The summed E-state index contributed by atoms with van der Waals surface area (Å²) in [5, 5.41) is 1.11. The highest BCUT2D eigenvalue weighted by molar-refractivity contribution is 5.89. The van der Waals surface area contributed by atoms with Gasteiger partial charge in [0.25, 0.3) is 0 Å². The minimum atomic E-state index is -0.331. The van der Waals surface area contributed by atoms with Crippen molar-refractivity contribution < 1.29 is 13.9 Å². The molecule has 0 amide bonds. The second-order valence-corrected chi connectivity index (χ2v) is 8.61. The zero-order valence-corrected chi connectivity index (χ0v) is 19.1. The summed E-state index contributed by atoms with van der Waals surface area (Å²) in [4.78, 5) is 18.8. The Hall–Kier alpha value is -3.77. The number of carbonyl (C=O) groups is 1. The number of hydrogen-bond acceptors (Lipinski definition) is 4. The topological polar surface area (TPSA) is 47.4 Å². The number of benzene rings is 2. The number of pyridine rings is 1. The van der Waals surface area contributed by atoms with Gasteiger partial charge < -0.3 is 9.30 Å². The fourth-order valence-corrected chi connectivity index (χ4v) is 4.41. The molecular formula is C28H26FN3O2. The van der Waals surface area contributed by atoms with Crippen molar-refractivity contribution in [3.8, 4) is 0 Å². The van der Waals surface area contributed by atoms with Crippen molar-refractivity contribution >= 4 is 22.6 Å². The van der Waals surface area contributed by atoms with Gasteiger partial charge in [-0.1, -0.05) is 30.3 Å². The molecule has 0 bridgehead atoms. The lowest BCUT2D eigenvalue weighted by atomic mass is 10.00. The van der Waals surface area contributed by atoms with Crippen LogP contribution in [-0.2, 0) is 17.8 Å². The lowest BCUT2D eigenvalue weighted by Crippen LogP contribution is -2.28. The summed E-state index contributed by atoms with van der Waals surface area (Å²) < 4.78 is 20.0. The first-order valence-corrected chi connectivity index (χ1v) is 11.4. The van der Waals surface area contributed by atoms with E-state index in [4.69, 9.17) is 9.72 Å². The van der Waals surface area contributed by atoms with Gasteiger partial charge in [-0.2, -0.15) is 0 Å². The van der Waals surface area contributed by atoms with Gasteiger partial charge in [-0.15, -0.1) is 0 Å². The standard InChI is InChI=1S/C28H26FN3O2/c1-34-28(33)23-6-2-21(3-7-23)19-32-15-12-24-16-25(17-30-27(24)32)22-10-13-31(14-11-22)18-20-4-8-26(29)9-5-20/h2-10,12,15-17H,11,13-14,18-19H2,1H3. The molecule has 0 unspecified atom stereocenters. The van der Waals surface area contributed by atoms with E-state index in [0.717, 1.165) is 53.8 Å². The van der Waals surface area contributed by atoms with Gasteiger partial charge in [-0.05, 0) is 65.1 Å². The Labute approximate surface area is 198 Å². The Morgan fingerprint density at radius 3 is 2.47 bits per heavy atom. The lowest BCUT2D eigenvalue weighted by molar-refractivity contribution is 0.0600. The number of hydrogen-bond donors (Lipinski definition) is 0. The van der Waals surface area contributed by atoms with Gasteiger partial charge in [0.1, 0.15) is 11.5 Å². The Kier molecular flexibility index (Phi) is 6.23. The van der Waals surface area contributed by atoms with Crippen LogP contribution in [0, 0.1) is 5.82 Å². The van der Waals surface area contributed by atoms with Crippen LogP contribution in [0.1, 0.15) is 33.5 Å². The van der Waals surface area contributed by atoms with Crippen LogP contribution in [0.15, 0.2) is 79.1 Å². The zero-order chi connectivity index (χ0) is 23.5. The molecule has 6 heteroatoms. The molecule has 1 aliphatic heterocycles. The monoisotopic (exact) mass is 455 g/mol. The lowest BCUT2D eigenvalue weighted by Gasteiger charge is -2.26. The van der Waals surface area contributed by atoms with Crippen molar-refractivity contribution in [1.82, 2.24) is 14.5 Å². The van der Waals surface area contributed by atoms with Gasteiger partial charge in [-0.25, -0.2) is 14.2 Å². The number of aromatic nitrogens is 2. The van der Waals surface area contributed by atoms with Crippen LogP contribution in [0.3, 0.4) is 0 Å². The van der Waals surface area contributed by atoms with Gasteiger partial charge in [0.2, 0.25) is 0 Å². The van der Waals surface area contributed by atoms with E-state index >= 15 is 0 Å². The fraction of sp³-hybridized carbons (Fsp3) is 0.214. The van der Waals surface area contributed by atoms with E-state index in [0.29, 0.717) is 12.1 Å². The van der Waals surface area contributed by atoms with Crippen LogP contribution in [0.4, 0.5) is 4.39 Å². The molecule has 1 aliphatic rings. The van der Waals surface area contributed by atoms with Crippen molar-refractivity contribution in [2.24, 2.45) is 0 Å². The number of ether oxygens (including phenoxy) is 1. The molecule has 5 rings (SSSR count). The van der Waals surface area contributed by atoms with Crippen molar-refractivity contribution in [2.75, 3.05) is 20.2 Å². The Balaban J connectivity index is 1.26. The summed E-state index contributed by atoms with van der Waals surface area (Å²) in [6, 6.07) is 18.5. The van der Waals surface area contributed by atoms with E-state index < -0.39 is 0 Å². The van der Waals surface area contributed by atoms with Crippen LogP contribution >= 0.6 is 0 Å². The summed E-state index contributed by atoms with van der Waals surface area (Å²) in [6.07, 6.45) is 7.24. The second kappa shape index (κ2) is 9.61. The molecule has 0 radical (unpaired) electrons. The summed E-state index contributed by atoms with van der Waals surface area (Å²) in [5.74, 6) is -0.527. The minimum absolute atomic E-state index is 0.197. The first-order valence-electron chi connectivity index (χ1n) is 11.4. The zero-order valence-electron chi connectivity index (χ0n) is 19.1. The number of fused-ring (bicyclic) bond motifs is 1. The molecule has 5 nitrogen and oxygen atoms in total. The molecule has 4 aromatic rings. The van der Waals surface area contributed by atoms with E-state index in [2.05, 4.69) is 33.9 Å². The molecule has 0 N–H and O–H groups in total. The normalized spacial score (nSPS) is 14.2. The van der Waals surface area contributed by atoms with Crippen molar-refractivity contribution in [2.45, 2.75) is 19.5 Å². The smallest absolute Gasteiger partial charge is 0.337 e. The summed E-state index contributed by atoms with van der Waals surface area (Å²) in [7, 11) is 1.38. The molecule has 172 valence electrons. The third-order valence-corrected chi connectivity index (χ3v) is 6.31. The van der Waals surface area contributed by atoms with E-state index in [1.165, 1.54) is 24.8 Å². The predicted molar refractivity (Wildman–Crippen MR) is 131 cm³/mol. The molecule has 2 aromatic heterocycles. The summed E-state index contributed by atoms with van der Waals surface area (Å²) >= 11 is 0. The van der Waals surface area contributed by atoms with Crippen LogP contribution in [0.2, 0.25) is 0 Å². The molecule has 0 saturated heterocycles. The number of carbonyl (C=O) groups excluding carboxylic acids is 1. The summed E-state index contributed by atoms with van der Waals surface area (Å²) in [6.45, 7) is 3.33. The average molecular weight is 456 g/mol. The highest BCUT2D eigenvalue weighted by Gasteiger charge is 2.15. The number of halogens is 1. The third kappa shape index (κ3) is 4.77. The van der Waals surface area contributed by atoms with Crippen molar-refractivity contribution in [3.05, 3.63) is 107 Å². The van der Waals surface area contributed by atoms with Gasteiger partial charge in [0.15, 0.2) is 0 Å². The quantitative estimate of drug-likeness (QED) is 0.370. The van der Waals surface area contributed by atoms with Gasteiger partial charge in [0.05, 0.1) is 12.7 Å². The maximum absolute atomic E-state index is 13.1. The third-order valence-electron chi connectivity index (χ3n) is 6.31. The molecule has 2 aromatic carbocycles. The molecule has 0 atom stereocenters. The molecule has 3 heterocycles. The number of methoxy groups -OCH3 is 1. The van der Waals surface area contributed by atoms with Crippen LogP contribution < -0.4 is 0 Å². The largest absolute Gasteiger partial charge is 0.465 e. The Bertz CT molecular complexity index is 1340.